The minimum Gasteiger partial charge on any atom is -0.357 e. The van der Waals surface area contributed by atoms with Gasteiger partial charge in [0.15, 0.2) is 5.96 Å². The number of aromatic nitrogens is 2. The van der Waals surface area contributed by atoms with Gasteiger partial charge >= 0.3 is 0 Å². The molecule has 1 aromatic rings. The number of carbonyl (C=O) groups excluding carboxylic acids is 1. The summed E-state index contributed by atoms with van der Waals surface area (Å²) in [6.45, 7) is 7.12. The second kappa shape index (κ2) is 7.99. The Kier molecular flexibility index (Phi) is 6.01. The molecule has 0 bridgehead atoms. The van der Waals surface area contributed by atoms with Gasteiger partial charge in [-0.15, -0.1) is 0 Å². The van der Waals surface area contributed by atoms with Crippen molar-refractivity contribution in [2.45, 2.75) is 26.3 Å². The summed E-state index contributed by atoms with van der Waals surface area (Å²) >= 11 is 0. The van der Waals surface area contributed by atoms with E-state index in [2.05, 4.69) is 31.7 Å². The molecule has 0 spiro atoms. The lowest BCUT2D eigenvalue weighted by Crippen LogP contribution is -2.49. The first-order valence-electron chi connectivity index (χ1n) is 8.23. The standard InChI is InChI=1S/C16H28N6O/c1-5-18-16(19-10-15(23)20(3)4)21-8-6-13(2)14(11-21)22-9-7-17-12-22/h7,9,12-14H,5-6,8,10-11H2,1-4H3,(H,18,19). The zero-order valence-electron chi connectivity index (χ0n) is 14.6. The minimum atomic E-state index is 0.0111. The lowest BCUT2D eigenvalue weighted by molar-refractivity contribution is -0.127. The van der Waals surface area contributed by atoms with Crippen LogP contribution in [-0.4, -0.2) is 71.5 Å². The normalized spacial score (nSPS) is 22.1. The van der Waals surface area contributed by atoms with Crippen LogP contribution in [0.4, 0.5) is 0 Å². The Labute approximate surface area is 138 Å². The molecule has 1 saturated heterocycles. The Morgan fingerprint density at radius 1 is 1.48 bits per heavy atom. The first kappa shape index (κ1) is 17.3. The number of nitrogens with zero attached hydrogens (tertiary/aromatic N) is 5. The van der Waals surface area contributed by atoms with E-state index in [1.54, 1.807) is 19.0 Å². The largest absolute Gasteiger partial charge is 0.357 e. The van der Waals surface area contributed by atoms with Crippen LogP contribution in [0.5, 0.6) is 0 Å². The van der Waals surface area contributed by atoms with Gasteiger partial charge in [-0.25, -0.2) is 9.98 Å². The highest BCUT2D eigenvalue weighted by Crippen LogP contribution is 2.27. The van der Waals surface area contributed by atoms with Crippen LogP contribution >= 0.6 is 0 Å². The number of piperidine rings is 1. The summed E-state index contributed by atoms with van der Waals surface area (Å²) in [6.07, 6.45) is 6.81. The Morgan fingerprint density at radius 3 is 2.87 bits per heavy atom. The van der Waals surface area contributed by atoms with Crippen molar-refractivity contribution in [3.63, 3.8) is 0 Å². The molecule has 23 heavy (non-hydrogen) atoms. The number of rotatable bonds is 4. The fourth-order valence-electron chi connectivity index (χ4n) is 2.80. The Bertz CT molecular complexity index is 525. The number of amides is 1. The van der Waals surface area contributed by atoms with Crippen LogP contribution in [0.1, 0.15) is 26.3 Å². The number of carbonyl (C=O) groups is 1. The van der Waals surface area contributed by atoms with Gasteiger partial charge in [-0.05, 0) is 19.3 Å². The average Bonchev–Trinajstić information content (AvgIpc) is 3.05. The summed E-state index contributed by atoms with van der Waals surface area (Å²) < 4.78 is 2.17. The molecule has 0 radical (unpaired) electrons. The van der Waals surface area contributed by atoms with Crippen molar-refractivity contribution in [3.05, 3.63) is 18.7 Å². The molecule has 1 N–H and O–H groups in total. The molecule has 1 aliphatic heterocycles. The van der Waals surface area contributed by atoms with E-state index in [1.165, 1.54) is 0 Å². The summed E-state index contributed by atoms with van der Waals surface area (Å²) in [4.78, 5) is 24.3. The van der Waals surface area contributed by atoms with Crippen molar-refractivity contribution >= 4 is 11.9 Å². The Balaban J connectivity index is 2.09. The van der Waals surface area contributed by atoms with Crippen molar-refractivity contribution < 1.29 is 4.79 Å². The number of nitrogens with one attached hydrogen (secondary N) is 1. The maximum atomic E-state index is 11.8. The van der Waals surface area contributed by atoms with Gasteiger partial charge in [0.05, 0.1) is 12.4 Å². The van der Waals surface area contributed by atoms with E-state index in [1.807, 2.05) is 25.6 Å². The number of likely N-dealkylation sites (tertiary alicyclic amines) is 1. The minimum absolute atomic E-state index is 0.0111. The van der Waals surface area contributed by atoms with E-state index >= 15 is 0 Å². The molecule has 0 aromatic carbocycles. The predicted octanol–water partition coefficient (Wildman–Crippen LogP) is 0.820. The molecule has 0 aliphatic carbocycles. The lowest BCUT2D eigenvalue weighted by atomic mass is 9.93. The van der Waals surface area contributed by atoms with E-state index in [4.69, 9.17) is 0 Å². The molecule has 7 heteroatoms. The van der Waals surface area contributed by atoms with Crippen LogP contribution in [0.2, 0.25) is 0 Å². The third kappa shape index (κ3) is 4.46. The summed E-state index contributed by atoms with van der Waals surface area (Å²) in [6, 6.07) is 0.375. The van der Waals surface area contributed by atoms with Gasteiger partial charge in [-0.3, -0.25) is 4.79 Å². The monoisotopic (exact) mass is 320 g/mol. The van der Waals surface area contributed by atoms with Crippen LogP contribution in [0.15, 0.2) is 23.7 Å². The van der Waals surface area contributed by atoms with Crippen molar-refractivity contribution in [1.82, 2.24) is 24.7 Å². The van der Waals surface area contributed by atoms with E-state index < -0.39 is 0 Å². The predicted molar refractivity (Wildman–Crippen MR) is 91.3 cm³/mol. The van der Waals surface area contributed by atoms with Crippen molar-refractivity contribution in [3.8, 4) is 0 Å². The maximum Gasteiger partial charge on any atom is 0.243 e. The second-order valence-electron chi connectivity index (χ2n) is 6.25. The fourth-order valence-corrected chi connectivity index (χ4v) is 2.80. The SMILES string of the molecule is CCNC(=NCC(=O)N(C)C)N1CCC(C)C(n2ccnc2)C1. The van der Waals surface area contributed by atoms with E-state index in [0.29, 0.717) is 12.0 Å². The molecule has 2 rings (SSSR count). The third-order valence-electron chi connectivity index (χ3n) is 4.32. The summed E-state index contributed by atoms with van der Waals surface area (Å²) in [5.74, 6) is 1.42. The molecule has 0 saturated carbocycles. The highest BCUT2D eigenvalue weighted by atomic mass is 16.2. The van der Waals surface area contributed by atoms with Gasteiger partial charge < -0.3 is 19.7 Å². The van der Waals surface area contributed by atoms with Gasteiger partial charge in [0, 0.05) is 46.1 Å². The van der Waals surface area contributed by atoms with Crippen LogP contribution < -0.4 is 5.32 Å². The highest BCUT2D eigenvalue weighted by Gasteiger charge is 2.28. The van der Waals surface area contributed by atoms with Gasteiger partial charge in [-0.1, -0.05) is 6.92 Å². The molecule has 2 heterocycles. The number of likely N-dealkylation sites (N-methyl/N-ethyl adjacent to an activating group) is 1. The fraction of sp³-hybridized carbons (Fsp3) is 0.688. The molecule has 2 atom stereocenters. The quantitative estimate of drug-likeness (QED) is 0.659. The molecule has 2 unspecified atom stereocenters. The van der Waals surface area contributed by atoms with Crippen molar-refractivity contribution in [2.24, 2.45) is 10.9 Å². The smallest absolute Gasteiger partial charge is 0.243 e. The van der Waals surface area contributed by atoms with Crippen LogP contribution in [0.25, 0.3) is 0 Å². The number of imidazole rings is 1. The molecule has 128 valence electrons. The van der Waals surface area contributed by atoms with Gasteiger partial charge in [0.1, 0.15) is 6.54 Å². The van der Waals surface area contributed by atoms with Gasteiger partial charge in [0.25, 0.3) is 0 Å². The molecule has 7 nitrogen and oxygen atoms in total. The summed E-state index contributed by atoms with van der Waals surface area (Å²) in [7, 11) is 3.50. The molecule has 1 amide bonds. The molecule has 1 aliphatic rings. The summed E-state index contributed by atoms with van der Waals surface area (Å²) in [5.41, 5.74) is 0. The van der Waals surface area contributed by atoms with Crippen LogP contribution in [0, 0.1) is 5.92 Å². The van der Waals surface area contributed by atoms with Crippen LogP contribution in [0.3, 0.4) is 0 Å². The molecular formula is C16H28N6O. The number of aliphatic imine (C=N–C) groups is 1. The van der Waals surface area contributed by atoms with Gasteiger partial charge in [0.2, 0.25) is 5.91 Å². The van der Waals surface area contributed by atoms with Crippen molar-refractivity contribution in [2.75, 3.05) is 40.3 Å². The lowest BCUT2D eigenvalue weighted by Gasteiger charge is -2.39. The third-order valence-corrected chi connectivity index (χ3v) is 4.32. The van der Waals surface area contributed by atoms with E-state index in [9.17, 15) is 4.79 Å². The maximum absolute atomic E-state index is 11.8. The number of hydrogen-bond acceptors (Lipinski definition) is 3. The molecule has 1 fully saturated rings. The zero-order chi connectivity index (χ0) is 16.8. The summed E-state index contributed by atoms with van der Waals surface area (Å²) in [5, 5.41) is 3.31. The van der Waals surface area contributed by atoms with Crippen molar-refractivity contribution in [1.29, 1.82) is 0 Å². The van der Waals surface area contributed by atoms with Crippen LogP contribution in [-0.2, 0) is 4.79 Å². The first-order chi connectivity index (χ1) is 11.0. The number of guanidine groups is 1. The number of hydrogen-bond donors (Lipinski definition) is 1. The van der Waals surface area contributed by atoms with E-state index in [-0.39, 0.29) is 12.5 Å². The second-order valence-corrected chi connectivity index (χ2v) is 6.25. The van der Waals surface area contributed by atoms with Gasteiger partial charge in [-0.2, -0.15) is 0 Å². The Hall–Kier alpha value is -2.05. The Morgan fingerprint density at radius 2 is 2.26 bits per heavy atom. The zero-order valence-corrected chi connectivity index (χ0v) is 14.6. The van der Waals surface area contributed by atoms with E-state index in [0.717, 1.165) is 32.0 Å². The topological polar surface area (TPSA) is 65.8 Å². The molecular weight excluding hydrogens is 292 g/mol. The first-order valence-corrected chi connectivity index (χ1v) is 8.23. The average molecular weight is 320 g/mol. The molecule has 1 aromatic heterocycles. The highest BCUT2D eigenvalue weighted by molar-refractivity contribution is 5.84.